The van der Waals surface area contributed by atoms with E-state index in [1.807, 2.05) is 12.2 Å². The molecule has 1 N–H and O–H groups in total. The number of rotatable bonds is 2. The summed E-state index contributed by atoms with van der Waals surface area (Å²) in [5, 5.41) is 2.43. The van der Waals surface area contributed by atoms with Crippen molar-refractivity contribution in [2.24, 2.45) is 0 Å². The van der Waals surface area contributed by atoms with Crippen molar-refractivity contribution in [3.63, 3.8) is 0 Å². The van der Waals surface area contributed by atoms with Crippen LogP contribution in [0.15, 0.2) is 12.2 Å². The van der Waals surface area contributed by atoms with Gasteiger partial charge in [0.1, 0.15) is 0 Å². The Bertz CT molecular complexity index is 142. The van der Waals surface area contributed by atoms with Crippen molar-refractivity contribution >= 4 is 0 Å². The van der Waals surface area contributed by atoms with Crippen LogP contribution in [-0.4, -0.2) is 18.8 Å². The molecule has 11 heavy (non-hydrogen) atoms. The zero-order chi connectivity index (χ0) is 8.32. The van der Waals surface area contributed by atoms with E-state index < -0.39 is 12.7 Å². The molecule has 1 aliphatic carbocycles. The predicted molar refractivity (Wildman–Crippen MR) is 36.2 cm³/mol. The van der Waals surface area contributed by atoms with Gasteiger partial charge in [0.05, 0.1) is 6.54 Å². The standard InChI is InChI=1S/C7H10F3N/c8-7(9,10)5-11-6-3-1-2-4-6/h1-2,6,11H,3-5H2. The molecule has 1 rings (SSSR count). The minimum Gasteiger partial charge on any atom is -0.305 e. The van der Waals surface area contributed by atoms with Gasteiger partial charge in [-0.3, -0.25) is 0 Å². The number of nitrogens with one attached hydrogen (secondary N) is 1. The molecular formula is C7H10F3N. The molecule has 0 fully saturated rings. The molecule has 0 atom stereocenters. The zero-order valence-electron chi connectivity index (χ0n) is 5.99. The Morgan fingerprint density at radius 1 is 1.27 bits per heavy atom. The van der Waals surface area contributed by atoms with Gasteiger partial charge in [0, 0.05) is 6.04 Å². The van der Waals surface area contributed by atoms with Crippen LogP contribution in [0.3, 0.4) is 0 Å². The van der Waals surface area contributed by atoms with Crippen LogP contribution in [0.4, 0.5) is 13.2 Å². The second-order valence-corrected chi connectivity index (χ2v) is 2.64. The smallest absolute Gasteiger partial charge is 0.305 e. The van der Waals surface area contributed by atoms with Crippen molar-refractivity contribution in [1.82, 2.24) is 5.32 Å². The van der Waals surface area contributed by atoms with Crippen LogP contribution in [0.5, 0.6) is 0 Å². The van der Waals surface area contributed by atoms with E-state index in [4.69, 9.17) is 0 Å². The minimum atomic E-state index is -4.08. The largest absolute Gasteiger partial charge is 0.401 e. The molecule has 64 valence electrons. The van der Waals surface area contributed by atoms with Crippen molar-refractivity contribution < 1.29 is 13.2 Å². The molecule has 0 unspecified atom stereocenters. The summed E-state index contributed by atoms with van der Waals surface area (Å²) < 4.78 is 34.9. The van der Waals surface area contributed by atoms with Gasteiger partial charge in [-0.25, -0.2) is 0 Å². The topological polar surface area (TPSA) is 12.0 Å². The maximum Gasteiger partial charge on any atom is 0.401 e. The molecule has 1 nitrogen and oxygen atoms in total. The maximum atomic E-state index is 11.6. The van der Waals surface area contributed by atoms with Crippen LogP contribution in [-0.2, 0) is 0 Å². The molecule has 4 heteroatoms. The van der Waals surface area contributed by atoms with Crippen molar-refractivity contribution in [2.45, 2.75) is 25.1 Å². The van der Waals surface area contributed by atoms with Crippen LogP contribution in [0.25, 0.3) is 0 Å². The molecule has 1 aliphatic rings. The van der Waals surface area contributed by atoms with Crippen LogP contribution < -0.4 is 5.32 Å². The first-order valence-electron chi connectivity index (χ1n) is 3.53. The lowest BCUT2D eigenvalue weighted by molar-refractivity contribution is -0.126. The van der Waals surface area contributed by atoms with E-state index in [0.29, 0.717) is 0 Å². The summed E-state index contributed by atoms with van der Waals surface area (Å²) in [6.07, 6.45) is 1.15. The summed E-state index contributed by atoms with van der Waals surface area (Å²) in [7, 11) is 0. The van der Waals surface area contributed by atoms with Gasteiger partial charge in [-0.15, -0.1) is 0 Å². The first-order chi connectivity index (χ1) is 5.08. The fourth-order valence-corrected chi connectivity index (χ4v) is 1.04. The van der Waals surface area contributed by atoms with Crippen molar-refractivity contribution in [3.8, 4) is 0 Å². The van der Waals surface area contributed by atoms with E-state index in [1.165, 1.54) is 0 Å². The number of hydrogen-bond donors (Lipinski definition) is 1. The third-order valence-electron chi connectivity index (χ3n) is 1.60. The van der Waals surface area contributed by atoms with Crippen LogP contribution in [0.1, 0.15) is 12.8 Å². The third kappa shape index (κ3) is 3.41. The summed E-state index contributed by atoms with van der Waals surface area (Å²) in [5.41, 5.74) is 0. The summed E-state index contributed by atoms with van der Waals surface area (Å²) >= 11 is 0. The maximum absolute atomic E-state index is 11.6. The Labute approximate surface area is 63.3 Å². The zero-order valence-corrected chi connectivity index (χ0v) is 5.99. The Morgan fingerprint density at radius 2 is 1.82 bits per heavy atom. The highest BCUT2D eigenvalue weighted by Crippen LogP contribution is 2.15. The van der Waals surface area contributed by atoms with E-state index in [2.05, 4.69) is 5.32 Å². The Hall–Kier alpha value is -0.510. The van der Waals surface area contributed by atoms with Crippen molar-refractivity contribution in [1.29, 1.82) is 0 Å². The van der Waals surface area contributed by atoms with Gasteiger partial charge in [0.15, 0.2) is 0 Å². The lowest BCUT2D eigenvalue weighted by Gasteiger charge is -2.13. The van der Waals surface area contributed by atoms with Crippen LogP contribution in [0.2, 0.25) is 0 Å². The van der Waals surface area contributed by atoms with Crippen LogP contribution >= 0.6 is 0 Å². The fourth-order valence-electron chi connectivity index (χ4n) is 1.04. The number of halogens is 3. The Kier molecular flexibility index (Phi) is 2.54. The first kappa shape index (κ1) is 8.59. The highest BCUT2D eigenvalue weighted by molar-refractivity contribution is 4.97. The summed E-state index contributed by atoms with van der Waals surface area (Å²) in [6.45, 7) is -0.876. The second kappa shape index (κ2) is 3.26. The molecule has 0 amide bonds. The monoisotopic (exact) mass is 165 g/mol. The van der Waals surface area contributed by atoms with Crippen molar-refractivity contribution in [3.05, 3.63) is 12.2 Å². The average Bonchev–Trinajstić information content (AvgIpc) is 2.32. The lowest BCUT2D eigenvalue weighted by Crippen LogP contribution is -2.35. The molecular weight excluding hydrogens is 155 g/mol. The van der Waals surface area contributed by atoms with Gasteiger partial charge < -0.3 is 5.32 Å². The molecule has 0 aromatic heterocycles. The molecule has 0 saturated heterocycles. The SMILES string of the molecule is FC(F)(F)CNC1CC=CC1. The van der Waals surface area contributed by atoms with Crippen LogP contribution in [0, 0.1) is 0 Å². The number of alkyl halides is 3. The second-order valence-electron chi connectivity index (χ2n) is 2.64. The van der Waals surface area contributed by atoms with Gasteiger partial charge in [0.25, 0.3) is 0 Å². The summed E-state index contributed by atoms with van der Waals surface area (Å²) in [5.74, 6) is 0. The molecule has 0 saturated carbocycles. The van der Waals surface area contributed by atoms with E-state index >= 15 is 0 Å². The molecule has 0 aromatic rings. The van der Waals surface area contributed by atoms with E-state index in [0.717, 1.165) is 12.8 Å². The predicted octanol–water partition coefficient (Wildman–Crippen LogP) is 1.86. The molecule has 0 spiro atoms. The molecule has 0 aromatic carbocycles. The minimum absolute atomic E-state index is 0.00313. The fraction of sp³-hybridized carbons (Fsp3) is 0.714. The highest BCUT2D eigenvalue weighted by Gasteiger charge is 2.27. The average molecular weight is 165 g/mol. The van der Waals surface area contributed by atoms with Gasteiger partial charge >= 0.3 is 6.18 Å². The Balaban J connectivity index is 2.13. The normalized spacial score (nSPS) is 19.5. The molecule has 0 bridgehead atoms. The molecule has 0 aliphatic heterocycles. The summed E-state index contributed by atoms with van der Waals surface area (Å²) in [6, 6.07) is -0.00313. The lowest BCUT2D eigenvalue weighted by atomic mass is 10.2. The van der Waals surface area contributed by atoms with Gasteiger partial charge in [-0.1, -0.05) is 12.2 Å². The quantitative estimate of drug-likeness (QED) is 0.616. The highest BCUT2D eigenvalue weighted by atomic mass is 19.4. The Morgan fingerprint density at radius 3 is 2.27 bits per heavy atom. The first-order valence-corrected chi connectivity index (χ1v) is 3.53. The van der Waals surface area contributed by atoms with Gasteiger partial charge in [-0.2, -0.15) is 13.2 Å². The van der Waals surface area contributed by atoms with Gasteiger partial charge in [0.2, 0.25) is 0 Å². The molecule has 0 heterocycles. The summed E-state index contributed by atoms with van der Waals surface area (Å²) in [4.78, 5) is 0. The van der Waals surface area contributed by atoms with E-state index in [9.17, 15) is 13.2 Å². The van der Waals surface area contributed by atoms with E-state index in [-0.39, 0.29) is 6.04 Å². The number of hydrogen-bond acceptors (Lipinski definition) is 1. The molecule has 0 radical (unpaired) electrons. The van der Waals surface area contributed by atoms with Crippen molar-refractivity contribution in [2.75, 3.05) is 6.54 Å². The third-order valence-corrected chi connectivity index (χ3v) is 1.60. The van der Waals surface area contributed by atoms with E-state index in [1.54, 1.807) is 0 Å². The van der Waals surface area contributed by atoms with Gasteiger partial charge in [-0.05, 0) is 12.8 Å².